The predicted molar refractivity (Wildman–Crippen MR) is 71.3 cm³/mol. The maximum absolute atomic E-state index is 10.7. The fraction of sp³-hybridized carbons (Fsp3) is 0. The molecule has 0 saturated carbocycles. The van der Waals surface area contributed by atoms with Crippen LogP contribution in [0.5, 0.6) is 0 Å². The highest BCUT2D eigenvalue weighted by Gasteiger charge is 1.97. The lowest BCUT2D eigenvalue weighted by Gasteiger charge is -1.90. The van der Waals surface area contributed by atoms with Crippen LogP contribution < -0.4 is 22.6 Å². The summed E-state index contributed by atoms with van der Waals surface area (Å²) in [5, 5.41) is 0. The Morgan fingerprint density at radius 1 is 1.12 bits per heavy atom. The van der Waals surface area contributed by atoms with Gasteiger partial charge in [0, 0.05) is 6.07 Å². The molecule has 8 nitrogen and oxygen atoms in total. The number of hydrogen-bond donors (Lipinski definition) is 4. The first-order valence-corrected chi connectivity index (χ1v) is 5.37. The quantitative estimate of drug-likeness (QED) is 0.464. The van der Waals surface area contributed by atoms with E-state index in [1.807, 2.05) is 22.6 Å². The molecule has 2 aromatic rings. The van der Waals surface area contributed by atoms with Crippen LogP contribution in [0.25, 0.3) is 0 Å². The summed E-state index contributed by atoms with van der Waals surface area (Å²) >= 11 is 1.84. The first-order chi connectivity index (χ1) is 8.00. The number of rotatable bonds is 0. The number of nitrogen functional groups attached to an aromatic ring is 2. The van der Waals surface area contributed by atoms with E-state index in [0.717, 1.165) is 0 Å². The van der Waals surface area contributed by atoms with Crippen molar-refractivity contribution in [2.75, 3.05) is 11.5 Å². The predicted octanol–water partition coefficient (Wildman–Crippen LogP) is -0.691. The van der Waals surface area contributed by atoms with Crippen molar-refractivity contribution < 1.29 is 0 Å². The van der Waals surface area contributed by atoms with Crippen LogP contribution in [-0.4, -0.2) is 19.9 Å². The SMILES string of the molecule is Nc1cc(=O)[nH]cn1.Nc1nc[nH]c(=O)c1I. The lowest BCUT2D eigenvalue weighted by atomic mass is 10.6. The van der Waals surface area contributed by atoms with Crippen LogP contribution in [0.1, 0.15) is 0 Å². The van der Waals surface area contributed by atoms with Gasteiger partial charge in [-0.15, -0.1) is 0 Å². The van der Waals surface area contributed by atoms with Crippen LogP contribution in [0.4, 0.5) is 11.6 Å². The molecule has 2 aromatic heterocycles. The highest BCUT2D eigenvalue weighted by Crippen LogP contribution is 2.01. The molecule has 0 aliphatic carbocycles. The third-order valence-corrected chi connectivity index (χ3v) is 2.57. The van der Waals surface area contributed by atoms with Crippen LogP contribution >= 0.6 is 22.6 Å². The number of hydrogen-bond acceptors (Lipinski definition) is 6. The first-order valence-electron chi connectivity index (χ1n) is 4.29. The topological polar surface area (TPSA) is 144 Å². The highest BCUT2D eigenvalue weighted by molar-refractivity contribution is 14.1. The van der Waals surface area contributed by atoms with Crippen LogP contribution in [0.15, 0.2) is 28.3 Å². The Morgan fingerprint density at radius 3 is 2.18 bits per heavy atom. The van der Waals surface area contributed by atoms with Crippen LogP contribution in [0.2, 0.25) is 0 Å². The number of aromatic nitrogens is 4. The van der Waals surface area contributed by atoms with Gasteiger partial charge in [-0.1, -0.05) is 0 Å². The van der Waals surface area contributed by atoms with Gasteiger partial charge < -0.3 is 21.4 Å². The molecule has 0 radical (unpaired) electrons. The number of nitrogens with one attached hydrogen (secondary N) is 2. The van der Waals surface area contributed by atoms with E-state index in [1.54, 1.807) is 0 Å². The summed E-state index contributed by atoms with van der Waals surface area (Å²) in [6, 6.07) is 1.22. The molecule has 0 aliphatic rings. The summed E-state index contributed by atoms with van der Waals surface area (Å²) < 4.78 is 0.440. The standard InChI is InChI=1S/C4H4IN3O.C4H5N3O/c5-2-3(6)7-1-8-4(2)9;5-3-1-4(8)7-2-6-3/h1H,(H3,6,7,8,9);1-2H,(H3,5,6,7,8). The monoisotopic (exact) mass is 348 g/mol. The summed E-state index contributed by atoms with van der Waals surface area (Å²) in [4.78, 5) is 32.9. The number of halogens is 1. The molecule has 2 rings (SSSR count). The Kier molecular flexibility index (Phi) is 4.63. The van der Waals surface area contributed by atoms with Crippen molar-refractivity contribution >= 4 is 34.2 Å². The van der Waals surface area contributed by atoms with E-state index >= 15 is 0 Å². The molecule has 17 heavy (non-hydrogen) atoms. The number of aromatic amines is 2. The van der Waals surface area contributed by atoms with E-state index < -0.39 is 0 Å². The molecule has 2 heterocycles. The second-order valence-corrected chi connectivity index (χ2v) is 3.85. The summed E-state index contributed by atoms with van der Waals surface area (Å²) in [6.45, 7) is 0. The van der Waals surface area contributed by atoms with Gasteiger partial charge in [0.1, 0.15) is 15.2 Å². The van der Waals surface area contributed by atoms with Gasteiger partial charge in [0.25, 0.3) is 11.1 Å². The van der Waals surface area contributed by atoms with E-state index in [0.29, 0.717) is 3.57 Å². The van der Waals surface area contributed by atoms with Gasteiger partial charge in [-0.25, -0.2) is 9.97 Å². The van der Waals surface area contributed by atoms with Crippen LogP contribution in [0.3, 0.4) is 0 Å². The average molecular weight is 348 g/mol. The van der Waals surface area contributed by atoms with E-state index in [4.69, 9.17) is 11.5 Å². The minimum absolute atomic E-state index is 0.192. The minimum atomic E-state index is -0.225. The Balaban J connectivity index is 0.000000171. The first kappa shape index (κ1) is 13.2. The molecule has 6 N–H and O–H groups in total. The third-order valence-electron chi connectivity index (χ3n) is 1.52. The van der Waals surface area contributed by atoms with Crippen molar-refractivity contribution in [3.8, 4) is 0 Å². The van der Waals surface area contributed by atoms with Crippen molar-refractivity contribution in [2.24, 2.45) is 0 Å². The zero-order valence-corrected chi connectivity index (χ0v) is 10.6. The highest BCUT2D eigenvalue weighted by atomic mass is 127. The van der Waals surface area contributed by atoms with Crippen molar-refractivity contribution in [3.05, 3.63) is 43.0 Å². The lowest BCUT2D eigenvalue weighted by Crippen LogP contribution is -2.12. The van der Waals surface area contributed by atoms with E-state index in [-0.39, 0.29) is 22.8 Å². The Labute approximate surface area is 109 Å². The fourth-order valence-corrected chi connectivity index (χ4v) is 1.08. The molecule has 0 amide bonds. The number of anilines is 2. The summed E-state index contributed by atoms with van der Waals surface area (Å²) in [7, 11) is 0. The molecule has 0 unspecified atom stereocenters. The van der Waals surface area contributed by atoms with E-state index in [1.165, 1.54) is 18.7 Å². The van der Waals surface area contributed by atoms with Crippen molar-refractivity contribution in [2.45, 2.75) is 0 Å². The number of H-pyrrole nitrogens is 2. The molecule has 0 aromatic carbocycles. The molecule has 9 heteroatoms. The number of nitrogens with two attached hydrogens (primary N) is 2. The Morgan fingerprint density at radius 2 is 1.76 bits per heavy atom. The second kappa shape index (κ2) is 5.98. The smallest absolute Gasteiger partial charge is 0.266 e. The van der Waals surface area contributed by atoms with Crippen molar-refractivity contribution in [1.29, 1.82) is 0 Å². The van der Waals surface area contributed by atoms with Gasteiger partial charge in [-0.2, -0.15) is 0 Å². The van der Waals surface area contributed by atoms with Crippen molar-refractivity contribution in [3.63, 3.8) is 0 Å². The molecule has 0 saturated heterocycles. The Hall–Kier alpha value is -1.91. The van der Waals surface area contributed by atoms with Crippen LogP contribution in [0, 0.1) is 3.57 Å². The normalized spacial score (nSPS) is 9.24. The van der Waals surface area contributed by atoms with Crippen LogP contribution in [-0.2, 0) is 0 Å². The van der Waals surface area contributed by atoms with Crippen molar-refractivity contribution in [1.82, 2.24) is 19.9 Å². The molecular weight excluding hydrogens is 339 g/mol. The molecule has 90 valence electrons. The largest absolute Gasteiger partial charge is 0.383 e. The second-order valence-electron chi connectivity index (χ2n) is 2.77. The average Bonchev–Trinajstić information content (AvgIpc) is 2.26. The molecule has 0 atom stereocenters. The molecule has 0 fully saturated rings. The van der Waals surface area contributed by atoms with E-state index in [9.17, 15) is 9.59 Å². The summed E-state index contributed by atoms with van der Waals surface area (Å²) in [5.74, 6) is 0.521. The van der Waals surface area contributed by atoms with Gasteiger partial charge in [0.2, 0.25) is 0 Å². The Bertz CT molecular complexity index is 607. The zero-order chi connectivity index (χ0) is 12.8. The van der Waals surface area contributed by atoms with Gasteiger partial charge in [0.15, 0.2) is 0 Å². The minimum Gasteiger partial charge on any atom is -0.383 e. The maximum Gasteiger partial charge on any atom is 0.266 e. The van der Waals surface area contributed by atoms with Gasteiger partial charge >= 0.3 is 0 Å². The third kappa shape index (κ3) is 4.22. The molecule has 0 aliphatic heterocycles. The summed E-state index contributed by atoms with van der Waals surface area (Å²) in [6.07, 6.45) is 2.54. The van der Waals surface area contributed by atoms with Gasteiger partial charge in [-0.05, 0) is 22.6 Å². The lowest BCUT2D eigenvalue weighted by molar-refractivity contribution is 1.11. The zero-order valence-electron chi connectivity index (χ0n) is 8.48. The maximum atomic E-state index is 10.7. The van der Waals surface area contributed by atoms with E-state index in [2.05, 4.69) is 19.9 Å². The molecule has 0 bridgehead atoms. The van der Waals surface area contributed by atoms with Gasteiger partial charge in [0.05, 0.1) is 12.7 Å². The molecular formula is C8H9IN6O2. The summed E-state index contributed by atoms with van der Waals surface area (Å²) in [5.41, 5.74) is 9.99. The fourth-order valence-electron chi connectivity index (χ4n) is 0.780. The number of nitrogens with zero attached hydrogens (tertiary/aromatic N) is 2. The van der Waals surface area contributed by atoms with Gasteiger partial charge in [-0.3, -0.25) is 9.59 Å². The molecule has 0 spiro atoms.